The molecular formula is C55H107NO5. The highest BCUT2D eigenvalue weighted by Gasteiger charge is 2.20. The lowest BCUT2D eigenvalue weighted by molar-refractivity contribution is -0.143. The molecule has 1 amide bonds. The molecule has 0 aromatic heterocycles. The van der Waals surface area contributed by atoms with Crippen molar-refractivity contribution in [3.63, 3.8) is 0 Å². The number of carbonyl (C=O) groups is 2. The van der Waals surface area contributed by atoms with Gasteiger partial charge in [0.15, 0.2) is 0 Å². The van der Waals surface area contributed by atoms with Gasteiger partial charge in [0.25, 0.3) is 0 Å². The molecule has 0 aromatic rings. The fourth-order valence-electron chi connectivity index (χ4n) is 8.58. The zero-order valence-corrected chi connectivity index (χ0v) is 41.2. The van der Waals surface area contributed by atoms with Crippen molar-refractivity contribution >= 4 is 11.9 Å². The Morgan fingerprint density at radius 3 is 1.20 bits per heavy atom. The maximum atomic E-state index is 12.5. The van der Waals surface area contributed by atoms with E-state index in [0.717, 1.165) is 44.9 Å². The molecule has 0 rings (SSSR count). The number of aliphatic hydroxyl groups is 2. The summed E-state index contributed by atoms with van der Waals surface area (Å²) in [7, 11) is 0. The molecule has 0 aliphatic rings. The molecule has 0 aromatic carbocycles. The van der Waals surface area contributed by atoms with E-state index in [1.165, 1.54) is 225 Å². The highest BCUT2D eigenvalue weighted by Crippen LogP contribution is 2.17. The van der Waals surface area contributed by atoms with E-state index in [4.69, 9.17) is 4.74 Å². The normalized spacial score (nSPS) is 12.7. The van der Waals surface area contributed by atoms with E-state index in [9.17, 15) is 19.8 Å². The van der Waals surface area contributed by atoms with Crippen molar-refractivity contribution in [3.05, 3.63) is 12.2 Å². The van der Waals surface area contributed by atoms with Gasteiger partial charge in [-0.2, -0.15) is 0 Å². The molecule has 0 bridgehead atoms. The summed E-state index contributed by atoms with van der Waals surface area (Å²) in [6.45, 7) is 4.92. The third-order valence-electron chi connectivity index (χ3n) is 12.8. The van der Waals surface area contributed by atoms with Crippen LogP contribution in [0.2, 0.25) is 0 Å². The monoisotopic (exact) mass is 862 g/mol. The minimum atomic E-state index is -0.668. The molecule has 3 N–H and O–H groups in total. The number of allylic oxidation sites excluding steroid dienone is 2. The zero-order chi connectivity index (χ0) is 44.4. The summed E-state index contributed by atoms with van der Waals surface area (Å²) in [5.41, 5.74) is 0. The molecule has 0 fully saturated rings. The quantitative estimate of drug-likeness (QED) is 0.0322. The van der Waals surface area contributed by atoms with E-state index in [0.29, 0.717) is 25.9 Å². The Balaban J connectivity index is 3.43. The Labute approximate surface area is 380 Å². The van der Waals surface area contributed by atoms with Crippen LogP contribution in [0.1, 0.15) is 303 Å². The molecular weight excluding hydrogens is 755 g/mol. The number of nitrogens with one attached hydrogen (secondary N) is 1. The average Bonchev–Trinajstić information content (AvgIpc) is 3.26. The summed E-state index contributed by atoms with van der Waals surface area (Å²) in [5.74, 6) is -0.0466. The standard InChI is InChI=1S/C55H107NO5/c1-3-5-7-9-11-13-15-17-18-21-24-27-31-35-39-43-47-53(58)52(51-57)56-54(59)48-44-40-36-32-28-25-22-19-20-23-26-30-34-38-42-46-50-61-55(60)49-45-41-37-33-29-16-14-12-10-8-6-4-2/h12,14,52-53,57-58H,3-11,13,15-51H2,1-2H3,(H,56,59)/b14-12-. The minimum Gasteiger partial charge on any atom is -0.466 e. The maximum Gasteiger partial charge on any atom is 0.305 e. The Morgan fingerprint density at radius 2 is 0.770 bits per heavy atom. The Kier molecular flexibility index (Phi) is 50.1. The molecule has 2 unspecified atom stereocenters. The smallest absolute Gasteiger partial charge is 0.305 e. The van der Waals surface area contributed by atoms with Gasteiger partial charge >= 0.3 is 5.97 Å². The molecule has 6 heteroatoms. The van der Waals surface area contributed by atoms with E-state index in [2.05, 4.69) is 31.3 Å². The van der Waals surface area contributed by atoms with Crippen LogP contribution >= 0.6 is 0 Å². The van der Waals surface area contributed by atoms with Gasteiger partial charge in [0.1, 0.15) is 0 Å². The fraction of sp³-hybridized carbons (Fsp3) is 0.927. The highest BCUT2D eigenvalue weighted by molar-refractivity contribution is 5.76. The summed E-state index contributed by atoms with van der Waals surface area (Å²) >= 11 is 0. The molecule has 0 aliphatic carbocycles. The van der Waals surface area contributed by atoms with Crippen LogP contribution in [-0.4, -0.2) is 47.4 Å². The molecule has 2 atom stereocenters. The molecule has 0 spiro atoms. The predicted molar refractivity (Wildman–Crippen MR) is 264 cm³/mol. The molecule has 0 saturated heterocycles. The van der Waals surface area contributed by atoms with Crippen molar-refractivity contribution in [3.8, 4) is 0 Å². The third-order valence-corrected chi connectivity index (χ3v) is 12.8. The molecule has 0 heterocycles. The minimum absolute atomic E-state index is 0.00647. The number of ether oxygens (including phenoxy) is 1. The summed E-state index contributed by atoms with van der Waals surface area (Å²) in [4.78, 5) is 24.5. The Bertz CT molecular complexity index is 909. The summed E-state index contributed by atoms with van der Waals surface area (Å²) in [6, 6.07) is -0.546. The van der Waals surface area contributed by atoms with E-state index < -0.39 is 12.1 Å². The van der Waals surface area contributed by atoms with Crippen LogP contribution in [0.25, 0.3) is 0 Å². The lowest BCUT2D eigenvalue weighted by Gasteiger charge is -2.22. The van der Waals surface area contributed by atoms with Crippen molar-refractivity contribution < 1.29 is 24.5 Å². The first kappa shape index (κ1) is 59.6. The van der Waals surface area contributed by atoms with Crippen LogP contribution in [0.15, 0.2) is 12.2 Å². The lowest BCUT2D eigenvalue weighted by Crippen LogP contribution is -2.45. The number of hydrogen-bond donors (Lipinski definition) is 3. The van der Waals surface area contributed by atoms with Crippen LogP contribution in [0, 0.1) is 0 Å². The van der Waals surface area contributed by atoms with Gasteiger partial charge in [-0.3, -0.25) is 9.59 Å². The number of esters is 1. The van der Waals surface area contributed by atoms with Crippen molar-refractivity contribution in [1.82, 2.24) is 5.32 Å². The average molecular weight is 862 g/mol. The first-order valence-electron chi connectivity index (χ1n) is 27.4. The van der Waals surface area contributed by atoms with Crippen molar-refractivity contribution in [2.45, 2.75) is 315 Å². The Hall–Kier alpha value is -1.40. The van der Waals surface area contributed by atoms with Gasteiger partial charge in [-0.25, -0.2) is 0 Å². The van der Waals surface area contributed by atoms with Crippen LogP contribution in [0.4, 0.5) is 0 Å². The number of carbonyl (C=O) groups excluding carboxylic acids is 2. The second kappa shape index (κ2) is 51.2. The highest BCUT2D eigenvalue weighted by atomic mass is 16.5. The number of amides is 1. The number of aliphatic hydroxyl groups excluding tert-OH is 2. The molecule has 0 aliphatic heterocycles. The van der Waals surface area contributed by atoms with Gasteiger partial charge in [-0.05, 0) is 51.4 Å². The van der Waals surface area contributed by atoms with E-state index in [1.54, 1.807) is 0 Å². The number of rotatable bonds is 51. The first-order chi connectivity index (χ1) is 30.0. The second-order valence-electron chi connectivity index (χ2n) is 18.9. The van der Waals surface area contributed by atoms with Gasteiger partial charge < -0.3 is 20.3 Å². The topological polar surface area (TPSA) is 95.9 Å². The fourth-order valence-corrected chi connectivity index (χ4v) is 8.58. The van der Waals surface area contributed by atoms with E-state index >= 15 is 0 Å². The van der Waals surface area contributed by atoms with Crippen molar-refractivity contribution in [2.24, 2.45) is 0 Å². The van der Waals surface area contributed by atoms with E-state index in [1.807, 2.05) is 0 Å². The van der Waals surface area contributed by atoms with E-state index in [-0.39, 0.29) is 18.5 Å². The van der Waals surface area contributed by atoms with Gasteiger partial charge in [0, 0.05) is 12.8 Å². The molecule has 0 radical (unpaired) electrons. The Morgan fingerprint density at radius 1 is 0.443 bits per heavy atom. The SMILES string of the molecule is CCCCC/C=C\CCCCCCCC(=O)OCCCCCCCCCCCCCCCCCCC(=O)NC(CO)C(O)CCCCCCCCCCCCCCCCCC. The van der Waals surface area contributed by atoms with Gasteiger partial charge in [-0.15, -0.1) is 0 Å². The predicted octanol–water partition coefficient (Wildman–Crippen LogP) is 16.5. The van der Waals surface area contributed by atoms with Gasteiger partial charge in [0.2, 0.25) is 5.91 Å². The van der Waals surface area contributed by atoms with Gasteiger partial charge in [-0.1, -0.05) is 251 Å². The summed E-state index contributed by atoms with van der Waals surface area (Å²) in [6.07, 6.45) is 59.0. The second-order valence-corrected chi connectivity index (χ2v) is 18.9. The summed E-state index contributed by atoms with van der Waals surface area (Å²) < 4.78 is 5.45. The van der Waals surface area contributed by atoms with Crippen LogP contribution in [-0.2, 0) is 14.3 Å². The van der Waals surface area contributed by atoms with Crippen LogP contribution < -0.4 is 5.32 Å². The number of unbranched alkanes of at least 4 members (excludes halogenated alkanes) is 38. The molecule has 61 heavy (non-hydrogen) atoms. The molecule has 362 valence electrons. The van der Waals surface area contributed by atoms with Crippen LogP contribution in [0.5, 0.6) is 0 Å². The largest absolute Gasteiger partial charge is 0.466 e. The summed E-state index contributed by atoms with van der Waals surface area (Å²) in [5, 5.41) is 23.3. The van der Waals surface area contributed by atoms with Gasteiger partial charge in [0.05, 0.1) is 25.4 Å². The first-order valence-corrected chi connectivity index (χ1v) is 27.4. The molecule has 6 nitrogen and oxygen atoms in total. The third kappa shape index (κ3) is 47.9. The maximum absolute atomic E-state index is 12.5. The molecule has 0 saturated carbocycles. The lowest BCUT2D eigenvalue weighted by atomic mass is 10.0. The van der Waals surface area contributed by atoms with Crippen LogP contribution in [0.3, 0.4) is 0 Å². The van der Waals surface area contributed by atoms with Crippen molar-refractivity contribution in [2.75, 3.05) is 13.2 Å². The number of hydrogen-bond acceptors (Lipinski definition) is 5. The van der Waals surface area contributed by atoms with Crippen molar-refractivity contribution in [1.29, 1.82) is 0 Å². The zero-order valence-electron chi connectivity index (χ0n) is 41.2.